The lowest BCUT2D eigenvalue weighted by Crippen LogP contribution is -2.47. The van der Waals surface area contributed by atoms with Crippen molar-refractivity contribution in [3.8, 4) is 5.75 Å². The number of hydrogen-bond donors (Lipinski definition) is 3. The van der Waals surface area contributed by atoms with Crippen LogP contribution < -0.4 is 25.2 Å². The number of aromatic nitrogens is 2. The van der Waals surface area contributed by atoms with Gasteiger partial charge in [0.2, 0.25) is 11.9 Å². The third kappa shape index (κ3) is 6.12. The Labute approximate surface area is 242 Å². The number of fused-ring (bicyclic) bond motifs is 1. The molecule has 2 saturated carbocycles. The Morgan fingerprint density at radius 2 is 1.88 bits per heavy atom. The van der Waals surface area contributed by atoms with E-state index in [1.165, 1.54) is 19.3 Å². The summed E-state index contributed by atoms with van der Waals surface area (Å²) >= 11 is 0. The van der Waals surface area contributed by atoms with Crippen LogP contribution in [0.5, 0.6) is 5.75 Å². The number of aliphatic hydroxyl groups excluding tert-OH is 1. The summed E-state index contributed by atoms with van der Waals surface area (Å²) in [4.78, 5) is 40.1. The van der Waals surface area contributed by atoms with E-state index in [0.717, 1.165) is 43.6 Å². The Bertz CT molecular complexity index is 1260. The molecule has 3 aliphatic rings. The zero-order chi connectivity index (χ0) is 29.1. The van der Waals surface area contributed by atoms with Gasteiger partial charge in [-0.25, -0.2) is 4.98 Å². The van der Waals surface area contributed by atoms with Crippen LogP contribution in [0.2, 0.25) is 0 Å². The van der Waals surface area contributed by atoms with Gasteiger partial charge in [-0.15, -0.1) is 0 Å². The zero-order valence-corrected chi connectivity index (χ0v) is 24.8. The second-order valence-electron chi connectivity index (χ2n) is 12.1. The molecule has 2 aromatic rings. The van der Waals surface area contributed by atoms with Gasteiger partial charge in [-0.1, -0.05) is 26.2 Å². The topological polar surface area (TPSA) is 120 Å². The lowest BCUT2D eigenvalue weighted by Gasteiger charge is -2.38. The number of benzene rings is 1. The third-order valence-electron chi connectivity index (χ3n) is 9.26. The standard InChI is InChI=1S/C31H44N6O4/c1-5-31(2)19-37(22-9-7-6-8-10-22)27-25(36(3)29(31)40)18-32-30(35-27)34-24-16-11-20(17-26(24)41-4)28(39)33-21-12-14-23(38)15-13-21/h11,16-18,21-23,38H,5-10,12-15,19H2,1-4H3,(H,33,39)(H,32,34,35)/t21?,23?,31-/m0/s1. The van der Waals surface area contributed by atoms with Gasteiger partial charge in [0.25, 0.3) is 5.91 Å². The Morgan fingerprint density at radius 3 is 2.56 bits per heavy atom. The Morgan fingerprint density at radius 1 is 1.15 bits per heavy atom. The summed E-state index contributed by atoms with van der Waals surface area (Å²) in [5.41, 5.74) is 1.35. The highest BCUT2D eigenvalue weighted by atomic mass is 16.5. The van der Waals surface area contributed by atoms with E-state index < -0.39 is 5.41 Å². The molecular formula is C31H44N6O4. The second kappa shape index (κ2) is 12.2. The van der Waals surface area contributed by atoms with Crippen LogP contribution in [0.4, 0.5) is 23.1 Å². The van der Waals surface area contributed by atoms with Crippen molar-refractivity contribution < 1.29 is 19.4 Å². The minimum atomic E-state index is -0.516. The van der Waals surface area contributed by atoms with E-state index in [2.05, 4.69) is 34.4 Å². The summed E-state index contributed by atoms with van der Waals surface area (Å²) < 4.78 is 5.64. The van der Waals surface area contributed by atoms with Gasteiger partial charge in [0, 0.05) is 31.2 Å². The first-order chi connectivity index (χ1) is 19.7. The summed E-state index contributed by atoms with van der Waals surface area (Å²) in [6.07, 6.45) is 10.9. The molecule has 2 heterocycles. The minimum absolute atomic E-state index is 0.0642. The molecule has 1 aliphatic heterocycles. The average Bonchev–Trinajstić information content (AvgIpc) is 3.08. The number of carbonyl (C=O) groups excluding carboxylic acids is 2. The van der Waals surface area contributed by atoms with Gasteiger partial charge in [0.1, 0.15) is 11.4 Å². The lowest BCUT2D eigenvalue weighted by molar-refractivity contribution is -0.126. The fourth-order valence-corrected chi connectivity index (χ4v) is 6.41. The number of carbonyl (C=O) groups is 2. The zero-order valence-electron chi connectivity index (χ0n) is 24.8. The summed E-state index contributed by atoms with van der Waals surface area (Å²) in [5.74, 6) is 1.61. The molecule has 0 saturated heterocycles. The van der Waals surface area contributed by atoms with Gasteiger partial charge in [0.05, 0.1) is 30.5 Å². The molecule has 2 aliphatic carbocycles. The van der Waals surface area contributed by atoms with E-state index in [-0.39, 0.29) is 24.0 Å². The highest BCUT2D eigenvalue weighted by Gasteiger charge is 2.43. The number of aliphatic hydroxyl groups is 1. The predicted molar refractivity (Wildman–Crippen MR) is 160 cm³/mol. The Balaban J connectivity index is 1.40. The van der Waals surface area contributed by atoms with Gasteiger partial charge in [-0.05, 0) is 70.1 Å². The number of hydrogen-bond acceptors (Lipinski definition) is 8. The number of rotatable bonds is 7. The molecule has 3 N–H and O–H groups in total. The van der Waals surface area contributed by atoms with Crippen molar-refractivity contribution in [3.05, 3.63) is 30.0 Å². The summed E-state index contributed by atoms with van der Waals surface area (Å²) in [7, 11) is 3.39. The molecular weight excluding hydrogens is 520 g/mol. The van der Waals surface area contributed by atoms with Crippen molar-refractivity contribution >= 4 is 35.0 Å². The van der Waals surface area contributed by atoms with Crippen molar-refractivity contribution in [2.24, 2.45) is 5.41 Å². The molecule has 5 rings (SSSR count). The van der Waals surface area contributed by atoms with Crippen LogP contribution in [0.15, 0.2) is 24.4 Å². The number of methoxy groups -OCH3 is 1. The van der Waals surface area contributed by atoms with Gasteiger partial charge in [0.15, 0.2) is 5.82 Å². The molecule has 0 radical (unpaired) electrons. The quantitative estimate of drug-likeness (QED) is 0.439. The molecule has 10 heteroatoms. The second-order valence-corrected chi connectivity index (χ2v) is 12.1. The smallest absolute Gasteiger partial charge is 0.251 e. The van der Waals surface area contributed by atoms with Crippen molar-refractivity contribution in [1.82, 2.24) is 15.3 Å². The monoisotopic (exact) mass is 564 g/mol. The molecule has 0 spiro atoms. The van der Waals surface area contributed by atoms with Gasteiger partial charge in [-0.3, -0.25) is 9.59 Å². The molecule has 1 atom stereocenters. The highest BCUT2D eigenvalue weighted by Crippen LogP contribution is 2.41. The van der Waals surface area contributed by atoms with Crippen LogP contribution in [0, 0.1) is 5.41 Å². The van der Waals surface area contributed by atoms with Gasteiger partial charge < -0.3 is 30.3 Å². The van der Waals surface area contributed by atoms with Crippen molar-refractivity contribution in [3.63, 3.8) is 0 Å². The minimum Gasteiger partial charge on any atom is -0.495 e. The Hall–Kier alpha value is -3.40. The SMILES string of the molecule is CC[C@@]1(C)CN(C2CCCCC2)c2nc(Nc3ccc(C(=O)NC4CCC(O)CC4)cc3OC)ncc2N(C)C1=O. The van der Waals surface area contributed by atoms with E-state index in [1.54, 1.807) is 36.4 Å². The average molecular weight is 565 g/mol. The predicted octanol–water partition coefficient (Wildman–Crippen LogP) is 4.79. The number of nitrogens with zero attached hydrogens (tertiary/aromatic N) is 4. The van der Waals surface area contributed by atoms with E-state index in [0.29, 0.717) is 48.4 Å². The maximum atomic E-state index is 13.5. The molecule has 0 unspecified atom stereocenters. The van der Waals surface area contributed by atoms with Crippen LogP contribution >= 0.6 is 0 Å². The molecule has 10 nitrogen and oxygen atoms in total. The Kier molecular flexibility index (Phi) is 8.68. The van der Waals surface area contributed by atoms with Crippen molar-refractivity contribution in [2.45, 2.75) is 96.2 Å². The van der Waals surface area contributed by atoms with Crippen LogP contribution in [0.25, 0.3) is 0 Å². The van der Waals surface area contributed by atoms with Gasteiger partial charge in [-0.2, -0.15) is 4.98 Å². The van der Waals surface area contributed by atoms with Gasteiger partial charge >= 0.3 is 0 Å². The maximum Gasteiger partial charge on any atom is 0.251 e. The van der Waals surface area contributed by atoms with E-state index in [4.69, 9.17) is 9.72 Å². The molecule has 1 aromatic heterocycles. The largest absolute Gasteiger partial charge is 0.495 e. The summed E-state index contributed by atoms with van der Waals surface area (Å²) in [6, 6.07) is 5.67. The first-order valence-corrected chi connectivity index (χ1v) is 15.1. The molecule has 41 heavy (non-hydrogen) atoms. The maximum absolute atomic E-state index is 13.5. The number of amides is 2. The lowest BCUT2D eigenvalue weighted by atomic mass is 9.84. The number of ether oxygens (including phenoxy) is 1. The fourth-order valence-electron chi connectivity index (χ4n) is 6.41. The third-order valence-corrected chi connectivity index (χ3v) is 9.26. The van der Waals surface area contributed by atoms with Crippen LogP contribution in [-0.2, 0) is 4.79 Å². The summed E-state index contributed by atoms with van der Waals surface area (Å²) in [6.45, 7) is 4.75. The molecule has 0 bridgehead atoms. The van der Waals surface area contributed by atoms with Crippen LogP contribution in [0.3, 0.4) is 0 Å². The number of nitrogens with one attached hydrogen (secondary N) is 2. The van der Waals surface area contributed by atoms with E-state index >= 15 is 0 Å². The molecule has 222 valence electrons. The highest BCUT2D eigenvalue weighted by molar-refractivity contribution is 6.01. The van der Waals surface area contributed by atoms with Crippen LogP contribution in [-0.4, -0.2) is 65.8 Å². The summed E-state index contributed by atoms with van der Waals surface area (Å²) in [5, 5.41) is 16.1. The fraction of sp³-hybridized carbons (Fsp3) is 0.613. The molecule has 1 aromatic carbocycles. The van der Waals surface area contributed by atoms with Crippen LogP contribution in [0.1, 0.15) is 88.4 Å². The normalized spacial score (nSPS) is 25.3. The molecule has 2 amide bonds. The van der Waals surface area contributed by atoms with Crippen molar-refractivity contribution in [1.29, 1.82) is 0 Å². The van der Waals surface area contributed by atoms with E-state index in [9.17, 15) is 14.7 Å². The van der Waals surface area contributed by atoms with E-state index in [1.807, 2.05) is 7.05 Å². The number of anilines is 4. The first-order valence-electron chi connectivity index (χ1n) is 15.1. The molecule has 2 fully saturated rings. The first kappa shape index (κ1) is 29.1. The van der Waals surface area contributed by atoms with Crippen molar-refractivity contribution in [2.75, 3.05) is 35.8 Å².